The Morgan fingerprint density at radius 2 is 2.37 bits per heavy atom. The van der Waals surface area contributed by atoms with Crippen molar-refractivity contribution in [2.24, 2.45) is 5.92 Å². The van der Waals surface area contributed by atoms with Crippen molar-refractivity contribution < 1.29 is 9.53 Å². The van der Waals surface area contributed by atoms with Crippen LogP contribution in [-0.4, -0.2) is 36.2 Å². The van der Waals surface area contributed by atoms with Crippen LogP contribution < -0.4 is 5.32 Å². The number of rotatable bonds is 9. The van der Waals surface area contributed by atoms with Gasteiger partial charge in [-0.3, -0.25) is 4.79 Å². The van der Waals surface area contributed by atoms with Gasteiger partial charge < -0.3 is 10.1 Å². The average molecular weight is 285 g/mol. The van der Waals surface area contributed by atoms with Crippen LogP contribution in [0.4, 0.5) is 0 Å². The Morgan fingerprint density at radius 3 is 3.00 bits per heavy atom. The molecule has 110 valence electrons. The summed E-state index contributed by atoms with van der Waals surface area (Å²) in [6.07, 6.45) is 6.16. The van der Waals surface area contributed by atoms with Crippen LogP contribution in [0.25, 0.3) is 0 Å². The Bertz CT molecular complexity index is 296. The molecule has 1 fully saturated rings. The minimum absolute atomic E-state index is 0.0481. The summed E-state index contributed by atoms with van der Waals surface area (Å²) in [5, 5.41) is 3.43. The molecule has 0 bridgehead atoms. The molecule has 0 heterocycles. The number of thioether (sulfide) groups is 1. The minimum Gasteiger partial charge on any atom is -0.465 e. The summed E-state index contributed by atoms with van der Waals surface area (Å²) in [5.41, 5.74) is -0.431. The van der Waals surface area contributed by atoms with Crippen molar-refractivity contribution in [3.05, 3.63) is 12.7 Å². The van der Waals surface area contributed by atoms with Crippen LogP contribution in [0.3, 0.4) is 0 Å². The predicted octanol–water partition coefficient (Wildman–Crippen LogP) is 3.01. The molecule has 1 saturated carbocycles. The average Bonchev–Trinajstić information content (AvgIpc) is 2.80. The fraction of sp³-hybridized carbons (Fsp3) is 0.800. The van der Waals surface area contributed by atoms with E-state index in [9.17, 15) is 4.79 Å². The zero-order valence-electron chi connectivity index (χ0n) is 12.2. The third kappa shape index (κ3) is 4.25. The van der Waals surface area contributed by atoms with Gasteiger partial charge in [0.25, 0.3) is 0 Å². The van der Waals surface area contributed by atoms with Gasteiger partial charge in [0.05, 0.1) is 6.61 Å². The van der Waals surface area contributed by atoms with Crippen LogP contribution >= 0.6 is 11.8 Å². The summed E-state index contributed by atoms with van der Waals surface area (Å²) in [6.45, 7) is 8.94. The van der Waals surface area contributed by atoms with Gasteiger partial charge in [-0.05, 0) is 44.4 Å². The topological polar surface area (TPSA) is 38.3 Å². The van der Waals surface area contributed by atoms with E-state index < -0.39 is 5.54 Å². The molecule has 4 heteroatoms. The Kier molecular flexibility index (Phi) is 7.54. The SMILES string of the molecule is C=CCSCCC1CCCC1(NCC)C(=O)OCC. The van der Waals surface area contributed by atoms with Crippen LogP contribution in [-0.2, 0) is 9.53 Å². The Labute approximate surface area is 121 Å². The van der Waals surface area contributed by atoms with Gasteiger partial charge in [-0.15, -0.1) is 6.58 Å². The number of hydrogen-bond acceptors (Lipinski definition) is 4. The summed E-state index contributed by atoms with van der Waals surface area (Å²) in [7, 11) is 0. The molecule has 0 aliphatic heterocycles. The van der Waals surface area contributed by atoms with E-state index in [2.05, 4.69) is 18.8 Å². The maximum absolute atomic E-state index is 12.3. The molecule has 0 amide bonds. The van der Waals surface area contributed by atoms with Gasteiger partial charge in [-0.1, -0.05) is 19.4 Å². The van der Waals surface area contributed by atoms with Gasteiger partial charge >= 0.3 is 5.97 Å². The zero-order chi connectivity index (χ0) is 14.1. The quantitative estimate of drug-likeness (QED) is 0.401. The molecule has 0 aromatic carbocycles. The Balaban J connectivity index is 2.64. The van der Waals surface area contributed by atoms with Crippen molar-refractivity contribution in [1.29, 1.82) is 0 Å². The van der Waals surface area contributed by atoms with Gasteiger partial charge in [0.15, 0.2) is 0 Å². The Hall–Kier alpha value is -0.480. The number of likely N-dealkylation sites (N-methyl/N-ethyl adjacent to an activating group) is 1. The van der Waals surface area contributed by atoms with Gasteiger partial charge in [-0.25, -0.2) is 0 Å². The second-order valence-corrected chi connectivity index (χ2v) is 6.11. The van der Waals surface area contributed by atoms with Crippen molar-refractivity contribution in [2.45, 2.75) is 45.1 Å². The highest BCUT2D eigenvalue weighted by atomic mass is 32.2. The fourth-order valence-corrected chi connectivity index (χ4v) is 3.79. The van der Waals surface area contributed by atoms with Crippen LogP contribution in [0.2, 0.25) is 0 Å². The molecule has 0 radical (unpaired) electrons. The van der Waals surface area contributed by atoms with Crippen LogP contribution in [0, 0.1) is 5.92 Å². The molecular formula is C15H27NO2S. The molecule has 0 saturated heterocycles. The largest absolute Gasteiger partial charge is 0.465 e. The molecule has 2 unspecified atom stereocenters. The van der Waals surface area contributed by atoms with Crippen molar-refractivity contribution in [1.82, 2.24) is 5.32 Å². The maximum Gasteiger partial charge on any atom is 0.326 e. The van der Waals surface area contributed by atoms with Crippen LogP contribution in [0.1, 0.15) is 39.5 Å². The smallest absolute Gasteiger partial charge is 0.326 e. The number of esters is 1. The first-order valence-corrected chi connectivity index (χ1v) is 8.47. The molecule has 1 N–H and O–H groups in total. The molecule has 19 heavy (non-hydrogen) atoms. The molecule has 0 aromatic heterocycles. The van der Waals surface area contributed by atoms with E-state index in [0.717, 1.165) is 43.7 Å². The molecular weight excluding hydrogens is 258 g/mol. The lowest BCUT2D eigenvalue weighted by Crippen LogP contribution is -2.55. The zero-order valence-corrected chi connectivity index (χ0v) is 13.1. The summed E-state index contributed by atoms with van der Waals surface area (Å²) < 4.78 is 5.32. The number of carbonyl (C=O) groups is 1. The fourth-order valence-electron chi connectivity index (χ4n) is 3.01. The predicted molar refractivity (Wildman–Crippen MR) is 82.5 cm³/mol. The third-order valence-corrected chi connectivity index (χ3v) is 4.79. The lowest BCUT2D eigenvalue weighted by atomic mass is 9.85. The minimum atomic E-state index is -0.431. The number of carbonyl (C=O) groups excluding carboxylic acids is 1. The first kappa shape index (κ1) is 16.6. The van der Waals surface area contributed by atoms with E-state index in [0.29, 0.717) is 12.5 Å². The molecule has 1 aliphatic carbocycles. The Morgan fingerprint density at radius 1 is 1.58 bits per heavy atom. The van der Waals surface area contributed by atoms with E-state index in [1.165, 1.54) is 0 Å². The van der Waals surface area contributed by atoms with Crippen LogP contribution in [0.15, 0.2) is 12.7 Å². The molecule has 1 aliphatic rings. The van der Waals surface area contributed by atoms with Gasteiger partial charge in [0.2, 0.25) is 0 Å². The van der Waals surface area contributed by atoms with Crippen molar-refractivity contribution >= 4 is 17.7 Å². The summed E-state index contributed by atoms with van der Waals surface area (Å²) in [5.74, 6) is 2.43. The second-order valence-electron chi connectivity index (χ2n) is 4.96. The monoisotopic (exact) mass is 285 g/mol. The van der Waals surface area contributed by atoms with Gasteiger partial charge in [0, 0.05) is 5.75 Å². The lowest BCUT2D eigenvalue weighted by molar-refractivity contribution is -0.153. The highest BCUT2D eigenvalue weighted by molar-refractivity contribution is 7.99. The lowest BCUT2D eigenvalue weighted by Gasteiger charge is -2.34. The van der Waals surface area contributed by atoms with E-state index in [4.69, 9.17) is 4.74 Å². The molecule has 1 rings (SSSR count). The van der Waals surface area contributed by atoms with Crippen molar-refractivity contribution in [2.75, 3.05) is 24.7 Å². The van der Waals surface area contributed by atoms with Gasteiger partial charge in [-0.2, -0.15) is 11.8 Å². The summed E-state index contributed by atoms with van der Waals surface area (Å²) in [6, 6.07) is 0. The second kappa shape index (κ2) is 8.64. The van der Waals surface area contributed by atoms with Crippen molar-refractivity contribution in [3.63, 3.8) is 0 Å². The molecule has 0 aromatic rings. The van der Waals surface area contributed by atoms with E-state index >= 15 is 0 Å². The van der Waals surface area contributed by atoms with E-state index in [1.807, 2.05) is 24.8 Å². The van der Waals surface area contributed by atoms with Gasteiger partial charge in [0.1, 0.15) is 5.54 Å². The highest BCUT2D eigenvalue weighted by Crippen LogP contribution is 2.39. The van der Waals surface area contributed by atoms with Crippen LogP contribution in [0.5, 0.6) is 0 Å². The number of nitrogens with one attached hydrogen (secondary N) is 1. The highest BCUT2D eigenvalue weighted by Gasteiger charge is 2.49. The molecule has 3 nitrogen and oxygen atoms in total. The molecule has 0 spiro atoms. The standard InChI is InChI=1S/C15H27NO2S/c1-4-11-19-12-9-13-8-7-10-15(13,16-5-2)14(17)18-6-3/h4,13,16H,1,5-12H2,2-3H3. The number of ether oxygens (including phenoxy) is 1. The number of hydrogen-bond donors (Lipinski definition) is 1. The first-order valence-electron chi connectivity index (χ1n) is 7.32. The summed E-state index contributed by atoms with van der Waals surface area (Å²) in [4.78, 5) is 12.3. The summed E-state index contributed by atoms with van der Waals surface area (Å²) >= 11 is 1.89. The van der Waals surface area contributed by atoms with E-state index in [-0.39, 0.29) is 5.97 Å². The normalized spacial score (nSPS) is 26.3. The van der Waals surface area contributed by atoms with Crippen molar-refractivity contribution in [3.8, 4) is 0 Å². The molecule has 2 atom stereocenters. The first-order chi connectivity index (χ1) is 9.21. The third-order valence-electron chi connectivity index (χ3n) is 3.80. The van der Waals surface area contributed by atoms with E-state index in [1.54, 1.807) is 0 Å². The maximum atomic E-state index is 12.3.